The lowest BCUT2D eigenvalue weighted by Crippen LogP contribution is -2.03. The van der Waals surface area contributed by atoms with Gasteiger partial charge >= 0.3 is 5.69 Å². The first-order chi connectivity index (χ1) is 12.2. The van der Waals surface area contributed by atoms with Gasteiger partial charge in [0.1, 0.15) is 12.7 Å². The molecule has 0 saturated carbocycles. The van der Waals surface area contributed by atoms with E-state index < -0.39 is 4.92 Å². The quantitative estimate of drug-likeness (QED) is 0.525. The summed E-state index contributed by atoms with van der Waals surface area (Å²) in [5, 5.41) is 18.3. The molecular weight excluding hydrogens is 322 g/mol. The molecule has 2 aromatic carbocycles. The van der Waals surface area contributed by atoms with Gasteiger partial charge < -0.3 is 10.1 Å². The third-order valence-corrected chi connectivity index (χ3v) is 3.68. The standard InChI is InChI=1S/C17H17N5O3/c1-25-17-8-15(5-6-16(17)22(23)24)19-9-13-3-2-4-14(7-13)10-21-12-18-11-20-21/h2-8,11-12,19H,9-10H2,1H3. The Morgan fingerprint density at radius 3 is 2.80 bits per heavy atom. The highest BCUT2D eigenvalue weighted by molar-refractivity contribution is 5.58. The van der Waals surface area contributed by atoms with Gasteiger partial charge in [0.05, 0.1) is 18.6 Å². The van der Waals surface area contributed by atoms with E-state index >= 15 is 0 Å². The lowest BCUT2D eigenvalue weighted by Gasteiger charge is -2.10. The van der Waals surface area contributed by atoms with Crippen molar-refractivity contribution in [2.75, 3.05) is 12.4 Å². The van der Waals surface area contributed by atoms with Crippen molar-refractivity contribution < 1.29 is 9.66 Å². The molecule has 1 N–H and O–H groups in total. The van der Waals surface area contributed by atoms with Crippen LogP contribution in [0.4, 0.5) is 11.4 Å². The highest BCUT2D eigenvalue weighted by Crippen LogP contribution is 2.29. The molecule has 0 radical (unpaired) electrons. The van der Waals surface area contributed by atoms with Crippen LogP contribution in [-0.4, -0.2) is 26.8 Å². The number of hydrogen-bond donors (Lipinski definition) is 1. The number of rotatable bonds is 7. The second-order valence-electron chi connectivity index (χ2n) is 5.41. The summed E-state index contributed by atoms with van der Waals surface area (Å²) >= 11 is 0. The van der Waals surface area contributed by atoms with Crippen molar-refractivity contribution in [3.05, 3.63) is 76.4 Å². The van der Waals surface area contributed by atoms with Crippen LogP contribution in [0.25, 0.3) is 0 Å². The second kappa shape index (κ2) is 7.43. The summed E-state index contributed by atoms with van der Waals surface area (Å²) in [6, 6.07) is 12.8. The minimum Gasteiger partial charge on any atom is -0.490 e. The summed E-state index contributed by atoms with van der Waals surface area (Å²) < 4.78 is 6.84. The molecule has 0 atom stereocenters. The van der Waals surface area contributed by atoms with Gasteiger partial charge in [0.25, 0.3) is 0 Å². The molecule has 8 nitrogen and oxygen atoms in total. The molecule has 0 bridgehead atoms. The highest BCUT2D eigenvalue weighted by Gasteiger charge is 2.14. The van der Waals surface area contributed by atoms with Crippen LogP contribution >= 0.6 is 0 Å². The minimum absolute atomic E-state index is 0.0529. The van der Waals surface area contributed by atoms with Gasteiger partial charge in [-0.1, -0.05) is 24.3 Å². The Hall–Kier alpha value is -3.42. The molecular formula is C17H17N5O3. The Morgan fingerprint density at radius 1 is 1.24 bits per heavy atom. The molecule has 3 rings (SSSR count). The van der Waals surface area contributed by atoms with E-state index in [1.165, 1.54) is 19.5 Å². The molecule has 1 aromatic heterocycles. The molecule has 0 aliphatic rings. The monoisotopic (exact) mass is 339 g/mol. The molecule has 8 heteroatoms. The van der Waals surface area contributed by atoms with E-state index in [4.69, 9.17) is 4.74 Å². The van der Waals surface area contributed by atoms with Crippen LogP contribution in [0, 0.1) is 10.1 Å². The lowest BCUT2D eigenvalue weighted by atomic mass is 10.1. The Bertz CT molecular complexity index is 864. The normalized spacial score (nSPS) is 10.4. The van der Waals surface area contributed by atoms with Crippen LogP contribution < -0.4 is 10.1 Å². The third kappa shape index (κ3) is 4.11. The average Bonchev–Trinajstić information content (AvgIpc) is 3.13. The SMILES string of the molecule is COc1cc(NCc2cccc(Cn3cncn3)c2)ccc1[N+](=O)[O-]. The van der Waals surface area contributed by atoms with Crippen molar-refractivity contribution in [2.24, 2.45) is 0 Å². The van der Waals surface area contributed by atoms with Crippen molar-refractivity contribution >= 4 is 11.4 Å². The zero-order chi connectivity index (χ0) is 17.6. The Morgan fingerprint density at radius 2 is 2.08 bits per heavy atom. The number of nitro groups is 1. The number of anilines is 1. The lowest BCUT2D eigenvalue weighted by molar-refractivity contribution is -0.385. The number of ether oxygens (including phenoxy) is 1. The summed E-state index contributed by atoms with van der Waals surface area (Å²) in [6.07, 6.45) is 3.18. The maximum absolute atomic E-state index is 10.9. The molecule has 0 spiro atoms. The Kier molecular flexibility index (Phi) is 4.89. The van der Waals surface area contributed by atoms with Gasteiger partial charge in [-0.05, 0) is 17.2 Å². The number of methoxy groups -OCH3 is 1. The number of nitrogens with zero attached hydrogens (tertiary/aromatic N) is 4. The van der Waals surface area contributed by atoms with Crippen molar-refractivity contribution in [1.82, 2.24) is 14.8 Å². The average molecular weight is 339 g/mol. The van der Waals surface area contributed by atoms with E-state index in [0.29, 0.717) is 13.1 Å². The second-order valence-corrected chi connectivity index (χ2v) is 5.41. The van der Waals surface area contributed by atoms with Gasteiger partial charge in [-0.25, -0.2) is 9.67 Å². The third-order valence-electron chi connectivity index (χ3n) is 3.68. The van der Waals surface area contributed by atoms with Gasteiger partial charge in [-0.3, -0.25) is 10.1 Å². The number of nitro benzene ring substituents is 1. The smallest absolute Gasteiger partial charge is 0.311 e. The summed E-state index contributed by atoms with van der Waals surface area (Å²) in [7, 11) is 1.42. The molecule has 0 unspecified atom stereocenters. The van der Waals surface area contributed by atoms with E-state index in [1.54, 1.807) is 23.1 Å². The number of benzene rings is 2. The fourth-order valence-electron chi connectivity index (χ4n) is 2.48. The number of hydrogen-bond acceptors (Lipinski definition) is 6. The summed E-state index contributed by atoms with van der Waals surface area (Å²) in [5.41, 5.74) is 2.91. The van der Waals surface area contributed by atoms with E-state index in [0.717, 1.165) is 16.8 Å². The summed E-state index contributed by atoms with van der Waals surface area (Å²) in [4.78, 5) is 14.4. The minimum atomic E-state index is -0.462. The Labute approximate surface area is 144 Å². The number of aromatic nitrogens is 3. The van der Waals surface area contributed by atoms with Gasteiger partial charge in [0.15, 0.2) is 5.75 Å². The van der Waals surface area contributed by atoms with E-state index in [-0.39, 0.29) is 11.4 Å². The first-order valence-electron chi connectivity index (χ1n) is 7.62. The van der Waals surface area contributed by atoms with Gasteiger partial charge in [-0.15, -0.1) is 0 Å². The van der Waals surface area contributed by atoms with Crippen LogP contribution in [-0.2, 0) is 13.1 Å². The predicted octanol–water partition coefficient (Wildman–Crippen LogP) is 2.86. The van der Waals surface area contributed by atoms with Crippen LogP contribution in [0.2, 0.25) is 0 Å². The molecule has 0 saturated heterocycles. The summed E-state index contributed by atoms with van der Waals surface area (Å²) in [5.74, 6) is 0.231. The van der Waals surface area contributed by atoms with E-state index in [1.807, 2.05) is 18.2 Å². The molecule has 128 valence electrons. The first kappa shape index (κ1) is 16.4. The van der Waals surface area contributed by atoms with Crippen LogP contribution in [0.5, 0.6) is 5.75 Å². The van der Waals surface area contributed by atoms with Crippen molar-refractivity contribution in [3.63, 3.8) is 0 Å². The predicted molar refractivity (Wildman–Crippen MR) is 92.5 cm³/mol. The largest absolute Gasteiger partial charge is 0.490 e. The van der Waals surface area contributed by atoms with E-state index in [9.17, 15) is 10.1 Å². The van der Waals surface area contributed by atoms with Crippen molar-refractivity contribution in [1.29, 1.82) is 0 Å². The van der Waals surface area contributed by atoms with Gasteiger partial charge in [0.2, 0.25) is 0 Å². The van der Waals surface area contributed by atoms with Crippen LogP contribution in [0.3, 0.4) is 0 Å². The fraction of sp³-hybridized carbons (Fsp3) is 0.176. The fourth-order valence-corrected chi connectivity index (χ4v) is 2.48. The molecule has 1 heterocycles. The molecule has 25 heavy (non-hydrogen) atoms. The topological polar surface area (TPSA) is 95.1 Å². The highest BCUT2D eigenvalue weighted by atomic mass is 16.6. The van der Waals surface area contributed by atoms with E-state index in [2.05, 4.69) is 21.5 Å². The van der Waals surface area contributed by atoms with Gasteiger partial charge in [-0.2, -0.15) is 5.10 Å². The maximum Gasteiger partial charge on any atom is 0.311 e. The number of nitrogens with one attached hydrogen (secondary N) is 1. The zero-order valence-corrected chi connectivity index (χ0v) is 13.6. The van der Waals surface area contributed by atoms with Crippen LogP contribution in [0.1, 0.15) is 11.1 Å². The maximum atomic E-state index is 10.9. The van der Waals surface area contributed by atoms with Crippen molar-refractivity contribution in [2.45, 2.75) is 13.1 Å². The Balaban J connectivity index is 1.68. The molecule has 3 aromatic rings. The first-order valence-corrected chi connectivity index (χ1v) is 7.62. The zero-order valence-electron chi connectivity index (χ0n) is 13.6. The summed E-state index contributed by atoms with van der Waals surface area (Å²) in [6.45, 7) is 1.24. The molecule has 0 aliphatic carbocycles. The van der Waals surface area contributed by atoms with Crippen molar-refractivity contribution in [3.8, 4) is 5.75 Å². The molecule has 0 aliphatic heterocycles. The van der Waals surface area contributed by atoms with Crippen LogP contribution in [0.15, 0.2) is 55.1 Å². The molecule has 0 amide bonds. The molecule has 0 fully saturated rings. The van der Waals surface area contributed by atoms with Gasteiger partial charge in [0, 0.05) is 24.4 Å².